The Balaban J connectivity index is 0.00000158. The number of anilines is 1. The molecule has 7 heteroatoms. The monoisotopic (exact) mass is 497 g/mol. The second-order valence-corrected chi connectivity index (χ2v) is 9.07. The number of imidazole rings is 1. The summed E-state index contributed by atoms with van der Waals surface area (Å²) in [5, 5.41) is 3.09. The molecule has 0 aliphatic heterocycles. The SMILES string of the molecule is CC.CCOSc1ccc(CC(=O)Nc2ccc3c(c2)ncn3CCC2=CCC(Cl)C=C2)cc1. The Morgan fingerprint density at radius 2 is 2.03 bits per heavy atom. The zero-order valence-corrected chi connectivity index (χ0v) is 21.5. The van der Waals surface area contributed by atoms with E-state index in [0.717, 1.165) is 46.6 Å². The maximum absolute atomic E-state index is 12.5. The molecular weight excluding hydrogens is 466 g/mol. The molecule has 0 bridgehead atoms. The summed E-state index contributed by atoms with van der Waals surface area (Å²) in [4.78, 5) is 18.0. The minimum atomic E-state index is -0.0531. The van der Waals surface area contributed by atoms with Crippen LogP contribution < -0.4 is 5.32 Å². The maximum Gasteiger partial charge on any atom is 0.228 e. The number of halogens is 1. The van der Waals surface area contributed by atoms with Crippen LogP contribution in [0.4, 0.5) is 5.69 Å². The molecule has 0 spiro atoms. The van der Waals surface area contributed by atoms with Crippen LogP contribution in [0.3, 0.4) is 0 Å². The molecular formula is C27H32ClN3O2S. The van der Waals surface area contributed by atoms with Crippen LogP contribution in [0.5, 0.6) is 0 Å². The van der Waals surface area contributed by atoms with E-state index in [1.54, 1.807) is 0 Å². The number of hydrogen-bond acceptors (Lipinski definition) is 4. The molecule has 1 aromatic heterocycles. The number of carbonyl (C=O) groups excluding carboxylic acids is 1. The van der Waals surface area contributed by atoms with E-state index in [-0.39, 0.29) is 11.3 Å². The molecule has 2 aromatic carbocycles. The Morgan fingerprint density at radius 1 is 1.24 bits per heavy atom. The minimum absolute atomic E-state index is 0.0531. The van der Waals surface area contributed by atoms with Gasteiger partial charge in [-0.2, -0.15) is 0 Å². The van der Waals surface area contributed by atoms with Gasteiger partial charge in [0.1, 0.15) is 0 Å². The lowest BCUT2D eigenvalue weighted by molar-refractivity contribution is -0.115. The summed E-state index contributed by atoms with van der Waals surface area (Å²) >= 11 is 7.44. The molecule has 1 N–H and O–H groups in total. The van der Waals surface area contributed by atoms with Gasteiger partial charge in [-0.15, -0.1) is 11.6 Å². The van der Waals surface area contributed by atoms with Gasteiger partial charge in [0.15, 0.2) is 0 Å². The average Bonchev–Trinajstić information content (AvgIpc) is 3.26. The van der Waals surface area contributed by atoms with Crippen LogP contribution in [0.25, 0.3) is 11.0 Å². The van der Waals surface area contributed by atoms with Crippen LogP contribution in [0.1, 0.15) is 39.2 Å². The van der Waals surface area contributed by atoms with Crippen LogP contribution in [-0.4, -0.2) is 27.4 Å². The van der Waals surface area contributed by atoms with Gasteiger partial charge in [0, 0.05) is 29.2 Å². The highest BCUT2D eigenvalue weighted by Crippen LogP contribution is 2.22. The van der Waals surface area contributed by atoms with Gasteiger partial charge in [-0.3, -0.25) is 4.79 Å². The van der Waals surface area contributed by atoms with Gasteiger partial charge < -0.3 is 14.1 Å². The number of fused-ring (bicyclic) bond motifs is 1. The topological polar surface area (TPSA) is 56.1 Å². The van der Waals surface area contributed by atoms with Crippen molar-refractivity contribution in [2.24, 2.45) is 0 Å². The number of nitrogens with zero attached hydrogens (tertiary/aromatic N) is 2. The first-order valence-electron chi connectivity index (χ1n) is 11.7. The predicted octanol–water partition coefficient (Wildman–Crippen LogP) is 7.17. The Bertz CT molecular complexity index is 1140. The fraction of sp³-hybridized carbons (Fsp3) is 0.333. The largest absolute Gasteiger partial charge is 0.330 e. The van der Waals surface area contributed by atoms with E-state index < -0.39 is 0 Å². The van der Waals surface area contributed by atoms with Crippen LogP contribution in [-0.2, 0) is 21.9 Å². The lowest BCUT2D eigenvalue weighted by Gasteiger charge is -2.11. The van der Waals surface area contributed by atoms with E-state index >= 15 is 0 Å². The normalized spacial score (nSPS) is 14.9. The Hall–Kier alpha value is -2.54. The number of benzene rings is 2. The van der Waals surface area contributed by atoms with E-state index in [1.807, 2.05) is 75.6 Å². The number of amides is 1. The Kier molecular flexibility index (Phi) is 10.3. The van der Waals surface area contributed by atoms with Gasteiger partial charge in [-0.1, -0.05) is 49.8 Å². The highest BCUT2D eigenvalue weighted by atomic mass is 35.5. The summed E-state index contributed by atoms with van der Waals surface area (Å²) in [6.45, 7) is 7.46. The standard InChI is InChI=1S/C25H26ClN3O2S.C2H6/c1-2-31-32-22-10-5-19(6-11-22)15-25(30)28-21-9-12-24-23(16-21)27-17-29(24)14-13-18-3-7-20(26)8-4-18;1-2/h3-7,9-12,16-17,20H,2,8,13-15H2,1H3,(H,28,30);1-2H3. The van der Waals surface area contributed by atoms with Gasteiger partial charge in [0.25, 0.3) is 0 Å². The van der Waals surface area contributed by atoms with Crippen LogP contribution in [0, 0.1) is 0 Å². The van der Waals surface area contributed by atoms with E-state index in [1.165, 1.54) is 17.6 Å². The summed E-state index contributed by atoms with van der Waals surface area (Å²) in [6, 6.07) is 13.7. The third kappa shape index (κ3) is 7.49. The Labute approximate surface area is 211 Å². The minimum Gasteiger partial charge on any atom is -0.330 e. The molecule has 180 valence electrons. The number of hydrogen-bond donors (Lipinski definition) is 1. The number of aryl methyl sites for hydroxylation is 1. The van der Waals surface area contributed by atoms with Gasteiger partial charge in [-0.25, -0.2) is 4.98 Å². The van der Waals surface area contributed by atoms with Crippen LogP contribution >= 0.6 is 23.6 Å². The predicted molar refractivity (Wildman–Crippen MR) is 143 cm³/mol. The highest BCUT2D eigenvalue weighted by Gasteiger charge is 2.09. The number of aromatic nitrogens is 2. The van der Waals surface area contributed by atoms with Crippen molar-refractivity contribution in [3.05, 3.63) is 78.2 Å². The molecule has 5 nitrogen and oxygen atoms in total. The smallest absolute Gasteiger partial charge is 0.228 e. The van der Waals surface area contributed by atoms with E-state index in [2.05, 4.69) is 27.0 Å². The molecule has 34 heavy (non-hydrogen) atoms. The fourth-order valence-electron chi connectivity index (χ4n) is 3.57. The number of allylic oxidation sites excluding steroid dienone is 4. The maximum atomic E-state index is 12.5. The van der Waals surface area contributed by atoms with E-state index in [9.17, 15) is 4.79 Å². The molecule has 0 saturated carbocycles. The van der Waals surface area contributed by atoms with Gasteiger partial charge in [0.2, 0.25) is 5.91 Å². The average molecular weight is 498 g/mol. The first kappa shape index (κ1) is 26.1. The first-order valence-corrected chi connectivity index (χ1v) is 12.9. The second-order valence-electron chi connectivity index (χ2n) is 7.64. The lowest BCUT2D eigenvalue weighted by Crippen LogP contribution is -2.14. The quantitative estimate of drug-likeness (QED) is 0.251. The third-order valence-electron chi connectivity index (χ3n) is 5.23. The van der Waals surface area contributed by atoms with E-state index in [0.29, 0.717) is 13.0 Å². The molecule has 0 saturated heterocycles. The van der Waals surface area contributed by atoms with Gasteiger partial charge >= 0.3 is 0 Å². The highest BCUT2D eigenvalue weighted by molar-refractivity contribution is 7.94. The molecule has 1 aliphatic rings. The fourth-order valence-corrected chi connectivity index (χ4v) is 4.24. The van der Waals surface area contributed by atoms with Crippen LogP contribution in [0.15, 0.2) is 77.5 Å². The number of alkyl halides is 1. The molecule has 1 heterocycles. The zero-order valence-electron chi connectivity index (χ0n) is 20.0. The summed E-state index contributed by atoms with van der Waals surface area (Å²) in [5.74, 6) is -0.0531. The van der Waals surface area contributed by atoms with Gasteiger partial charge in [-0.05, 0) is 55.7 Å². The summed E-state index contributed by atoms with van der Waals surface area (Å²) in [5.41, 5.74) is 4.94. The molecule has 3 aromatic rings. The molecule has 0 fully saturated rings. The van der Waals surface area contributed by atoms with Crippen molar-refractivity contribution in [3.8, 4) is 0 Å². The summed E-state index contributed by atoms with van der Waals surface area (Å²) in [7, 11) is 0. The van der Waals surface area contributed by atoms with Crippen molar-refractivity contribution < 1.29 is 8.98 Å². The van der Waals surface area contributed by atoms with Gasteiger partial charge in [0.05, 0.1) is 35.8 Å². The second kappa shape index (κ2) is 13.4. The summed E-state index contributed by atoms with van der Waals surface area (Å²) in [6.07, 6.45) is 10.4. The van der Waals surface area contributed by atoms with Crippen molar-refractivity contribution in [2.75, 3.05) is 11.9 Å². The number of carbonyl (C=O) groups is 1. The van der Waals surface area contributed by atoms with Crippen molar-refractivity contribution in [3.63, 3.8) is 0 Å². The van der Waals surface area contributed by atoms with Crippen LogP contribution in [0.2, 0.25) is 0 Å². The Morgan fingerprint density at radius 3 is 2.74 bits per heavy atom. The number of nitrogens with one attached hydrogen (secondary N) is 1. The van der Waals surface area contributed by atoms with Crippen molar-refractivity contribution in [1.82, 2.24) is 9.55 Å². The number of rotatable bonds is 9. The molecule has 1 aliphatic carbocycles. The molecule has 0 radical (unpaired) electrons. The van der Waals surface area contributed by atoms with Crippen molar-refractivity contribution in [1.29, 1.82) is 0 Å². The summed E-state index contributed by atoms with van der Waals surface area (Å²) < 4.78 is 7.47. The zero-order chi connectivity index (χ0) is 24.3. The molecule has 1 atom stereocenters. The first-order chi connectivity index (χ1) is 16.6. The van der Waals surface area contributed by atoms with E-state index in [4.69, 9.17) is 15.8 Å². The molecule has 1 unspecified atom stereocenters. The van der Waals surface area contributed by atoms with Crippen molar-refractivity contribution >= 4 is 46.3 Å². The molecule has 1 amide bonds. The van der Waals surface area contributed by atoms with Crippen molar-refractivity contribution in [2.45, 2.75) is 56.9 Å². The third-order valence-corrected chi connectivity index (χ3v) is 6.37. The molecule has 4 rings (SSSR count). The lowest BCUT2D eigenvalue weighted by atomic mass is 10.0.